The molecule has 1 aromatic carbocycles. The van der Waals surface area contributed by atoms with E-state index in [1.807, 2.05) is 18.2 Å². The standard InChI is InChI=1S/C14H19ClN2O2/c1-2-9-3-4-10(12(15)5-9)7-17-14(19)13-6-11(18)8-16-13/h3-5,11,13,16,18H,2,6-8H2,1H3,(H,17,19)/t11-,13+/m1/s1. The van der Waals surface area contributed by atoms with E-state index in [1.165, 1.54) is 5.56 Å². The van der Waals surface area contributed by atoms with Gasteiger partial charge in [-0.15, -0.1) is 0 Å². The van der Waals surface area contributed by atoms with E-state index in [4.69, 9.17) is 11.6 Å². The lowest BCUT2D eigenvalue weighted by molar-refractivity contribution is -0.123. The lowest BCUT2D eigenvalue weighted by Gasteiger charge is -2.12. The number of β-amino-alcohol motifs (C(OH)–C–C–N with tert-alkyl or cyclic N) is 1. The van der Waals surface area contributed by atoms with E-state index in [1.54, 1.807) is 0 Å². The van der Waals surface area contributed by atoms with E-state index in [0.717, 1.165) is 12.0 Å². The summed E-state index contributed by atoms with van der Waals surface area (Å²) in [6.07, 6.45) is 0.980. The Morgan fingerprint density at radius 3 is 2.95 bits per heavy atom. The Kier molecular flexibility index (Phi) is 4.80. The SMILES string of the molecule is CCc1ccc(CNC(=O)[C@@H]2C[C@@H](O)CN2)c(Cl)c1. The first kappa shape index (κ1) is 14.3. The lowest BCUT2D eigenvalue weighted by Crippen LogP contribution is -2.40. The molecule has 0 aliphatic carbocycles. The molecule has 104 valence electrons. The number of carbonyl (C=O) groups excluding carboxylic acids is 1. The van der Waals surface area contributed by atoms with Crippen molar-refractivity contribution in [3.63, 3.8) is 0 Å². The number of hydrogen-bond donors (Lipinski definition) is 3. The van der Waals surface area contributed by atoms with Gasteiger partial charge < -0.3 is 15.7 Å². The average Bonchev–Trinajstić information content (AvgIpc) is 2.83. The van der Waals surface area contributed by atoms with Crippen LogP contribution < -0.4 is 10.6 Å². The normalized spacial score (nSPS) is 22.5. The Labute approximate surface area is 118 Å². The van der Waals surface area contributed by atoms with Gasteiger partial charge in [-0.2, -0.15) is 0 Å². The van der Waals surface area contributed by atoms with Gasteiger partial charge in [-0.25, -0.2) is 0 Å². The number of nitrogens with one attached hydrogen (secondary N) is 2. The van der Waals surface area contributed by atoms with Crippen molar-refractivity contribution < 1.29 is 9.90 Å². The zero-order valence-electron chi connectivity index (χ0n) is 10.9. The van der Waals surface area contributed by atoms with Crippen molar-refractivity contribution in [2.75, 3.05) is 6.54 Å². The predicted molar refractivity (Wildman–Crippen MR) is 75.1 cm³/mol. The van der Waals surface area contributed by atoms with E-state index in [9.17, 15) is 9.90 Å². The van der Waals surface area contributed by atoms with Crippen molar-refractivity contribution in [1.29, 1.82) is 0 Å². The van der Waals surface area contributed by atoms with Gasteiger partial charge in [0.2, 0.25) is 5.91 Å². The third-order valence-corrected chi connectivity index (χ3v) is 3.75. The zero-order chi connectivity index (χ0) is 13.8. The second kappa shape index (κ2) is 6.37. The molecular formula is C14H19ClN2O2. The fraction of sp³-hybridized carbons (Fsp3) is 0.500. The van der Waals surface area contributed by atoms with E-state index in [2.05, 4.69) is 17.6 Å². The topological polar surface area (TPSA) is 61.4 Å². The molecule has 2 atom stereocenters. The Morgan fingerprint density at radius 2 is 2.37 bits per heavy atom. The number of aliphatic hydroxyl groups excluding tert-OH is 1. The van der Waals surface area contributed by atoms with Gasteiger partial charge in [-0.05, 0) is 30.0 Å². The number of amides is 1. The minimum absolute atomic E-state index is 0.0906. The number of benzene rings is 1. The molecule has 1 heterocycles. The van der Waals surface area contributed by atoms with Crippen LogP contribution in [0.15, 0.2) is 18.2 Å². The quantitative estimate of drug-likeness (QED) is 0.779. The number of rotatable bonds is 4. The van der Waals surface area contributed by atoms with Gasteiger partial charge in [-0.3, -0.25) is 4.79 Å². The van der Waals surface area contributed by atoms with E-state index in [0.29, 0.717) is 24.5 Å². The van der Waals surface area contributed by atoms with Crippen LogP contribution in [0.2, 0.25) is 5.02 Å². The summed E-state index contributed by atoms with van der Waals surface area (Å²) in [7, 11) is 0. The molecule has 1 aromatic rings. The second-order valence-electron chi connectivity index (χ2n) is 4.85. The monoisotopic (exact) mass is 282 g/mol. The summed E-state index contributed by atoms with van der Waals surface area (Å²) >= 11 is 6.17. The second-order valence-corrected chi connectivity index (χ2v) is 5.25. The van der Waals surface area contributed by atoms with Gasteiger partial charge >= 0.3 is 0 Å². The fourth-order valence-electron chi connectivity index (χ4n) is 2.18. The summed E-state index contributed by atoms with van der Waals surface area (Å²) in [4.78, 5) is 11.9. The summed E-state index contributed by atoms with van der Waals surface area (Å²) in [5.74, 6) is -0.0906. The molecule has 0 unspecified atom stereocenters. The summed E-state index contributed by atoms with van der Waals surface area (Å²) in [5.41, 5.74) is 2.09. The number of halogens is 1. The Morgan fingerprint density at radius 1 is 1.58 bits per heavy atom. The van der Waals surface area contributed by atoms with Crippen LogP contribution in [0.4, 0.5) is 0 Å². The zero-order valence-corrected chi connectivity index (χ0v) is 11.7. The molecule has 1 saturated heterocycles. The maximum atomic E-state index is 11.9. The van der Waals surface area contributed by atoms with Gasteiger partial charge in [0.15, 0.2) is 0 Å². The molecular weight excluding hydrogens is 264 g/mol. The van der Waals surface area contributed by atoms with Crippen molar-refractivity contribution >= 4 is 17.5 Å². The molecule has 0 spiro atoms. The lowest BCUT2D eigenvalue weighted by atomic mass is 10.1. The van der Waals surface area contributed by atoms with Gasteiger partial charge in [0.1, 0.15) is 0 Å². The molecule has 19 heavy (non-hydrogen) atoms. The Bertz CT molecular complexity index is 465. The highest BCUT2D eigenvalue weighted by Gasteiger charge is 2.27. The summed E-state index contributed by atoms with van der Waals surface area (Å²) in [5, 5.41) is 15.9. The third-order valence-electron chi connectivity index (χ3n) is 3.40. The van der Waals surface area contributed by atoms with Crippen LogP contribution in [0.5, 0.6) is 0 Å². The van der Waals surface area contributed by atoms with Gasteiger partial charge in [0.25, 0.3) is 0 Å². The van der Waals surface area contributed by atoms with Gasteiger partial charge in [-0.1, -0.05) is 30.7 Å². The summed E-state index contributed by atoms with van der Waals surface area (Å²) < 4.78 is 0. The molecule has 3 N–H and O–H groups in total. The number of hydrogen-bond acceptors (Lipinski definition) is 3. The average molecular weight is 283 g/mol. The van der Waals surface area contributed by atoms with Crippen LogP contribution >= 0.6 is 11.6 Å². The minimum atomic E-state index is -0.428. The van der Waals surface area contributed by atoms with Crippen LogP contribution in [0.1, 0.15) is 24.5 Å². The van der Waals surface area contributed by atoms with Crippen LogP contribution in [0, 0.1) is 0 Å². The summed E-state index contributed by atoms with van der Waals surface area (Å²) in [6.45, 7) is 2.96. The first-order valence-electron chi connectivity index (χ1n) is 6.56. The molecule has 1 aliphatic heterocycles. The Hall–Kier alpha value is -1.10. The molecule has 4 nitrogen and oxygen atoms in total. The predicted octanol–water partition coefficient (Wildman–Crippen LogP) is 1.24. The minimum Gasteiger partial charge on any atom is -0.392 e. The summed E-state index contributed by atoms with van der Waals surface area (Å²) in [6, 6.07) is 5.59. The van der Waals surface area contributed by atoms with E-state index >= 15 is 0 Å². The highest BCUT2D eigenvalue weighted by molar-refractivity contribution is 6.31. The molecule has 5 heteroatoms. The largest absolute Gasteiger partial charge is 0.392 e. The first-order chi connectivity index (χ1) is 9.10. The van der Waals surface area contributed by atoms with Crippen molar-refractivity contribution in [3.8, 4) is 0 Å². The van der Waals surface area contributed by atoms with Crippen molar-refractivity contribution in [3.05, 3.63) is 34.3 Å². The Balaban J connectivity index is 1.90. The van der Waals surface area contributed by atoms with E-state index in [-0.39, 0.29) is 11.9 Å². The van der Waals surface area contributed by atoms with Crippen LogP contribution in [-0.4, -0.2) is 29.7 Å². The van der Waals surface area contributed by atoms with Crippen LogP contribution in [0.3, 0.4) is 0 Å². The first-order valence-corrected chi connectivity index (χ1v) is 6.94. The van der Waals surface area contributed by atoms with Crippen LogP contribution in [-0.2, 0) is 17.8 Å². The molecule has 0 bridgehead atoms. The number of aliphatic hydroxyl groups is 1. The van der Waals surface area contributed by atoms with Crippen LogP contribution in [0.25, 0.3) is 0 Å². The molecule has 0 radical (unpaired) electrons. The highest BCUT2D eigenvalue weighted by Crippen LogP contribution is 2.18. The molecule has 1 aliphatic rings. The van der Waals surface area contributed by atoms with Crippen molar-refractivity contribution in [1.82, 2.24) is 10.6 Å². The fourth-order valence-corrected chi connectivity index (χ4v) is 2.45. The van der Waals surface area contributed by atoms with Crippen molar-refractivity contribution in [2.45, 2.75) is 38.5 Å². The molecule has 1 fully saturated rings. The van der Waals surface area contributed by atoms with Gasteiger partial charge in [0, 0.05) is 18.1 Å². The molecule has 2 rings (SSSR count). The van der Waals surface area contributed by atoms with Crippen molar-refractivity contribution in [2.24, 2.45) is 0 Å². The molecule has 0 saturated carbocycles. The molecule has 0 aromatic heterocycles. The maximum absolute atomic E-state index is 11.9. The smallest absolute Gasteiger partial charge is 0.237 e. The maximum Gasteiger partial charge on any atom is 0.237 e. The third kappa shape index (κ3) is 3.69. The number of carbonyl (C=O) groups is 1. The molecule has 1 amide bonds. The highest BCUT2D eigenvalue weighted by atomic mass is 35.5. The number of aryl methyl sites for hydroxylation is 1. The van der Waals surface area contributed by atoms with Gasteiger partial charge in [0.05, 0.1) is 12.1 Å². The van der Waals surface area contributed by atoms with E-state index < -0.39 is 6.10 Å².